The minimum Gasteiger partial charge on any atom is -0.509 e. The number of methoxy groups -OCH3 is 1. The molecule has 0 bridgehead atoms. The summed E-state index contributed by atoms with van der Waals surface area (Å²) in [6, 6.07) is 0. The number of Topliss-reactive ketones (excluding diaryl/α,β-unsaturated/α-hetero) is 1. The number of ketones is 1. The monoisotopic (exact) mass is 279 g/mol. The largest absolute Gasteiger partial charge is 0.509 e. The number of nitrogens with zero attached hydrogens (tertiary/aromatic N) is 1. The Morgan fingerprint density at radius 1 is 1.45 bits per heavy atom. The van der Waals surface area contributed by atoms with Gasteiger partial charge in [-0.05, 0) is 6.42 Å². The number of ether oxygens (including phenoxy) is 2. The summed E-state index contributed by atoms with van der Waals surface area (Å²) in [6.45, 7) is 1.67. The minimum atomic E-state index is -0.772. The van der Waals surface area contributed by atoms with Crippen molar-refractivity contribution in [2.24, 2.45) is 0 Å². The van der Waals surface area contributed by atoms with Crippen LogP contribution in [0.15, 0.2) is 23.1 Å². The number of hydrogen-bond donors (Lipinski definition) is 1. The van der Waals surface area contributed by atoms with Gasteiger partial charge in [-0.2, -0.15) is 0 Å². The summed E-state index contributed by atoms with van der Waals surface area (Å²) in [5.41, 5.74) is -0.415. The number of rotatable bonds is 1. The van der Waals surface area contributed by atoms with Crippen molar-refractivity contribution in [2.45, 2.75) is 24.8 Å². The van der Waals surface area contributed by atoms with E-state index in [9.17, 15) is 14.7 Å². The molecule has 0 unspecified atom stereocenters. The van der Waals surface area contributed by atoms with E-state index in [4.69, 9.17) is 4.74 Å². The van der Waals surface area contributed by atoms with Crippen LogP contribution in [0.3, 0.4) is 0 Å². The minimum absolute atomic E-state index is 0.156. The molecular weight excluding hydrogens is 262 g/mol. The molecule has 3 rings (SSSR count). The van der Waals surface area contributed by atoms with Crippen molar-refractivity contribution < 1.29 is 24.2 Å². The molecule has 3 aliphatic rings. The van der Waals surface area contributed by atoms with E-state index in [1.165, 1.54) is 7.11 Å². The van der Waals surface area contributed by atoms with Gasteiger partial charge in [-0.25, -0.2) is 4.79 Å². The topological polar surface area (TPSA) is 76.1 Å². The second-order valence-electron chi connectivity index (χ2n) is 5.22. The highest BCUT2D eigenvalue weighted by atomic mass is 16.5. The van der Waals surface area contributed by atoms with Crippen molar-refractivity contribution >= 4 is 11.8 Å². The van der Waals surface area contributed by atoms with Crippen LogP contribution < -0.4 is 0 Å². The molecule has 3 heterocycles. The molecule has 1 N–H and O–H groups in total. The molecule has 1 fully saturated rings. The van der Waals surface area contributed by atoms with Crippen LogP contribution in [0.25, 0.3) is 0 Å². The smallest absolute Gasteiger partial charge is 0.345 e. The first-order chi connectivity index (χ1) is 9.62. The van der Waals surface area contributed by atoms with E-state index < -0.39 is 17.3 Å². The van der Waals surface area contributed by atoms with Gasteiger partial charge in [0.05, 0.1) is 12.8 Å². The Kier molecular flexibility index (Phi) is 3.05. The second-order valence-corrected chi connectivity index (χ2v) is 5.22. The standard InChI is InChI=1S/C14H17NO5/c1-19-13(18)10-11(16)9-3-2-6-15(9)14(12(10)17)4-7-20-8-5-14/h3,17H,2,4-8H2,1H3. The van der Waals surface area contributed by atoms with E-state index >= 15 is 0 Å². The molecule has 1 spiro atoms. The van der Waals surface area contributed by atoms with Gasteiger partial charge in [-0.3, -0.25) is 4.79 Å². The number of aliphatic hydroxyl groups is 1. The summed E-state index contributed by atoms with van der Waals surface area (Å²) in [4.78, 5) is 26.2. The average Bonchev–Trinajstić information content (AvgIpc) is 2.97. The summed E-state index contributed by atoms with van der Waals surface area (Å²) in [6.07, 6.45) is 3.69. The van der Waals surface area contributed by atoms with Crippen molar-refractivity contribution in [3.05, 3.63) is 23.1 Å². The maximum absolute atomic E-state index is 12.4. The number of esters is 1. The zero-order chi connectivity index (χ0) is 14.3. The molecule has 0 saturated carbocycles. The third kappa shape index (κ3) is 1.61. The number of carbonyl (C=O) groups is 2. The molecule has 108 valence electrons. The lowest BCUT2D eigenvalue weighted by atomic mass is 9.79. The molecular formula is C14H17NO5. The van der Waals surface area contributed by atoms with Crippen LogP contribution in [-0.4, -0.2) is 54.2 Å². The van der Waals surface area contributed by atoms with Gasteiger partial charge in [0.1, 0.15) is 16.9 Å². The van der Waals surface area contributed by atoms with Gasteiger partial charge in [0.2, 0.25) is 5.78 Å². The van der Waals surface area contributed by atoms with Crippen LogP contribution >= 0.6 is 0 Å². The lowest BCUT2D eigenvalue weighted by Crippen LogP contribution is -2.57. The number of fused-ring (bicyclic) bond motifs is 2. The molecule has 0 amide bonds. The zero-order valence-electron chi connectivity index (χ0n) is 11.3. The molecule has 0 radical (unpaired) electrons. The van der Waals surface area contributed by atoms with Gasteiger partial charge in [0.25, 0.3) is 0 Å². The molecule has 0 aromatic heterocycles. The quantitative estimate of drug-likeness (QED) is 0.562. The van der Waals surface area contributed by atoms with E-state index in [-0.39, 0.29) is 11.3 Å². The van der Waals surface area contributed by atoms with E-state index in [1.54, 1.807) is 0 Å². The SMILES string of the molecule is COC(=O)C1=C(O)C2(CCOCC2)N2CCC=C2C1=O. The maximum Gasteiger partial charge on any atom is 0.345 e. The highest BCUT2D eigenvalue weighted by Gasteiger charge is 2.53. The molecule has 0 aromatic carbocycles. The molecule has 1 saturated heterocycles. The van der Waals surface area contributed by atoms with Gasteiger partial charge >= 0.3 is 5.97 Å². The fraction of sp³-hybridized carbons (Fsp3) is 0.571. The van der Waals surface area contributed by atoms with Gasteiger partial charge in [-0.1, -0.05) is 6.08 Å². The maximum atomic E-state index is 12.4. The Bertz CT molecular complexity index is 528. The molecule has 0 aliphatic carbocycles. The van der Waals surface area contributed by atoms with Gasteiger partial charge in [0.15, 0.2) is 0 Å². The Balaban J connectivity index is 2.16. The van der Waals surface area contributed by atoms with Gasteiger partial charge < -0.3 is 19.5 Å². The predicted octanol–water partition coefficient (Wildman–Crippen LogP) is 0.693. The van der Waals surface area contributed by atoms with E-state index in [1.807, 2.05) is 11.0 Å². The lowest BCUT2D eigenvalue weighted by Gasteiger charge is -2.48. The van der Waals surface area contributed by atoms with Crippen molar-refractivity contribution in [1.29, 1.82) is 0 Å². The summed E-state index contributed by atoms with van der Waals surface area (Å²) < 4.78 is 10.0. The first-order valence-electron chi connectivity index (χ1n) is 6.74. The fourth-order valence-electron chi connectivity index (χ4n) is 3.32. The van der Waals surface area contributed by atoms with Gasteiger partial charge in [0, 0.05) is 32.6 Å². The molecule has 0 aromatic rings. The summed E-state index contributed by atoms with van der Waals surface area (Å²) in [7, 11) is 1.21. The normalized spacial score (nSPS) is 24.8. The molecule has 0 atom stereocenters. The van der Waals surface area contributed by atoms with Crippen molar-refractivity contribution in [3.8, 4) is 0 Å². The van der Waals surface area contributed by atoms with Crippen molar-refractivity contribution in [2.75, 3.05) is 26.9 Å². The second kappa shape index (κ2) is 4.63. The molecule has 6 nitrogen and oxygen atoms in total. The first-order valence-corrected chi connectivity index (χ1v) is 6.74. The number of hydrogen-bond acceptors (Lipinski definition) is 6. The van der Waals surface area contributed by atoms with Crippen LogP contribution in [-0.2, 0) is 19.1 Å². The van der Waals surface area contributed by atoms with Gasteiger partial charge in [-0.15, -0.1) is 0 Å². The van der Waals surface area contributed by atoms with E-state index in [0.29, 0.717) is 38.3 Å². The molecule has 3 aliphatic heterocycles. The predicted molar refractivity (Wildman–Crippen MR) is 68.9 cm³/mol. The average molecular weight is 279 g/mol. The number of allylic oxidation sites excluding steroid dienone is 1. The van der Waals surface area contributed by atoms with Crippen LogP contribution in [0.1, 0.15) is 19.3 Å². The lowest BCUT2D eigenvalue weighted by molar-refractivity contribution is -0.139. The van der Waals surface area contributed by atoms with Crippen LogP contribution in [0.4, 0.5) is 0 Å². The summed E-state index contributed by atoms with van der Waals surface area (Å²) in [5.74, 6) is -1.37. The highest BCUT2D eigenvalue weighted by molar-refractivity contribution is 6.25. The van der Waals surface area contributed by atoms with Crippen molar-refractivity contribution in [1.82, 2.24) is 4.90 Å². The van der Waals surface area contributed by atoms with Crippen LogP contribution in [0, 0.1) is 0 Å². The third-order valence-corrected chi connectivity index (χ3v) is 4.34. The first kappa shape index (κ1) is 13.2. The van der Waals surface area contributed by atoms with E-state index in [0.717, 1.165) is 6.42 Å². The van der Waals surface area contributed by atoms with Crippen LogP contribution in [0.2, 0.25) is 0 Å². The molecule has 20 heavy (non-hydrogen) atoms. The van der Waals surface area contributed by atoms with Crippen LogP contribution in [0.5, 0.6) is 0 Å². The Hall–Kier alpha value is -1.82. The third-order valence-electron chi connectivity index (χ3n) is 4.34. The summed E-state index contributed by atoms with van der Waals surface area (Å²) >= 11 is 0. The number of aliphatic hydroxyl groups excluding tert-OH is 1. The Labute approximate surface area is 116 Å². The zero-order valence-corrected chi connectivity index (χ0v) is 11.3. The molecule has 6 heteroatoms. The van der Waals surface area contributed by atoms with Crippen molar-refractivity contribution in [3.63, 3.8) is 0 Å². The van der Waals surface area contributed by atoms with E-state index in [2.05, 4.69) is 4.74 Å². The fourth-order valence-corrected chi connectivity index (χ4v) is 3.32. The highest BCUT2D eigenvalue weighted by Crippen LogP contribution is 2.44. The Morgan fingerprint density at radius 3 is 2.80 bits per heavy atom. The number of carbonyl (C=O) groups excluding carboxylic acids is 2. The Morgan fingerprint density at radius 2 is 2.15 bits per heavy atom. The summed E-state index contributed by atoms with van der Waals surface area (Å²) in [5, 5.41) is 10.6.